The van der Waals surface area contributed by atoms with E-state index in [0.717, 1.165) is 4.77 Å². The number of aromatic nitrogens is 2. The molecule has 0 aliphatic rings. The van der Waals surface area contributed by atoms with Gasteiger partial charge < -0.3 is 9.55 Å². The molecule has 1 atom stereocenters. The molecule has 2 rings (SSSR count). The molecule has 2 aromatic rings. The normalized spacial score (nSPS) is 13.2. The number of hydrogen-bond donors (Lipinski definition) is 1. The van der Waals surface area contributed by atoms with Crippen LogP contribution in [0.15, 0.2) is 12.3 Å². The maximum atomic E-state index is 5.43. The summed E-state index contributed by atoms with van der Waals surface area (Å²) in [5.74, 6) is 0.473. The summed E-state index contributed by atoms with van der Waals surface area (Å²) in [7, 11) is 0. The Kier molecular flexibility index (Phi) is 3.78. The Morgan fingerprint density at radius 3 is 2.44 bits per heavy atom. The van der Waals surface area contributed by atoms with Crippen LogP contribution >= 0.6 is 23.6 Å². The molecule has 0 radical (unpaired) electrons. The van der Waals surface area contributed by atoms with Crippen LogP contribution < -0.4 is 0 Å². The molecule has 2 aromatic heterocycles. The molecule has 98 valence electrons. The Morgan fingerprint density at radius 1 is 1.28 bits per heavy atom. The number of nitrogens with zero attached hydrogens (tertiary/aromatic N) is 1. The van der Waals surface area contributed by atoms with Crippen molar-refractivity contribution < 1.29 is 0 Å². The van der Waals surface area contributed by atoms with Crippen molar-refractivity contribution in [2.24, 2.45) is 0 Å². The Labute approximate surface area is 118 Å². The molecule has 0 fully saturated rings. The number of rotatable bonds is 3. The lowest BCUT2D eigenvalue weighted by Gasteiger charge is -2.18. The van der Waals surface area contributed by atoms with Gasteiger partial charge in [0.1, 0.15) is 0 Å². The van der Waals surface area contributed by atoms with Crippen molar-refractivity contribution in [2.45, 2.75) is 46.6 Å². The lowest BCUT2D eigenvalue weighted by Crippen LogP contribution is -2.11. The van der Waals surface area contributed by atoms with Crippen molar-refractivity contribution in [3.63, 3.8) is 0 Å². The van der Waals surface area contributed by atoms with Gasteiger partial charge in [0.05, 0.1) is 6.04 Å². The zero-order valence-electron chi connectivity index (χ0n) is 11.6. The van der Waals surface area contributed by atoms with E-state index in [-0.39, 0.29) is 0 Å². The second-order valence-electron chi connectivity index (χ2n) is 5.09. The molecule has 0 aliphatic heterocycles. The summed E-state index contributed by atoms with van der Waals surface area (Å²) >= 11 is 7.29. The molecule has 0 amide bonds. The van der Waals surface area contributed by atoms with E-state index in [1.807, 2.05) is 17.5 Å². The second-order valence-corrected chi connectivity index (χ2v) is 6.94. The van der Waals surface area contributed by atoms with Crippen molar-refractivity contribution in [1.29, 1.82) is 0 Å². The van der Waals surface area contributed by atoms with Gasteiger partial charge in [-0.15, -0.1) is 11.3 Å². The minimum absolute atomic E-state index is 0.297. The van der Waals surface area contributed by atoms with E-state index in [2.05, 4.69) is 50.2 Å². The van der Waals surface area contributed by atoms with Gasteiger partial charge in [-0.1, -0.05) is 13.8 Å². The van der Waals surface area contributed by atoms with Gasteiger partial charge in [-0.25, -0.2) is 0 Å². The maximum absolute atomic E-state index is 5.43. The molecule has 18 heavy (non-hydrogen) atoms. The van der Waals surface area contributed by atoms with Crippen LogP contribution in [0.1, 0.15) is 53.7 Å². The van der Waals surface area contributed by atoms with E-state index in [0.29, 0.717) is 12.0 Å². The smallest absolute Gasteiger partial charge is 0.177 e. The number of imidazole rings is 1. The molecule has 4 heteroatoms. The van der Waals surface area contributed by atoms with Gasteiger partial charge >= 0.3 is 0 Å². The summed E-state index contributed by atoms with van der Waals surface area (Å²) in [4.78, 5) is 5.93. The first-order valence-electron chi connectivity index (χ1n) is 6.28. The molecule has 2 heterocycles. The third-order valence-electron chi connectivity index (χ3n) is 3.35. The molecule has 1 unspecified atom stereocenters. The highest BCUT2D eigenvalue weighted by molar-refractivity contribution is 7.71. The fraction of sp³-hybridized carbons (Fsp3) is 0.500. The fourth-order valence-electron chi connectivity index (χ4n) is 2.44. The van der Waals surface area contributed by atoms with Gasteiger partial charge in [0.15, 0.2) is 4.77 Å². The highest BCUT2D eigenvalue weighted by Gasteiger charge is 2.18. The summed E-state index contributed by atoms with van der Waals surface area (Å²) in [6.07, 6.45) is 2.04. The summed E-state index contributed by atoms with van der Waals surface area (Å²) in [6, 6.07) is 2.58. The number of aromatic amines is 1. The average molecular weight is 280 g/mol. The van der Waals surface area contributed by atoms with Gasteiger partial charge in [-0.3, -0.25) is 0 Å². The van der Waals surface area contributed by atoms with Crippen molar-refractivity contribution in [1.82, 2.24) is 9.55 Å². The maximum Gasteiger partial charge on any atom is 0.177 e. The van der Waals surface area contributed by atoms with E-state index < -0.39 is 0 Å². The van der Waals surface area contributed by atoms with Crippen molar-refractivity contribution in [2.75, 3.05) is 0 Å². The highest BCUT2D eigenvalue weighted by atomic mass is 32.1. The second kappa shape index (κ2) is 5.02. The topological polar surface area (TPSA) is 20.7 Å². The molecular formula is C14H20N2S2. The van der Waals surface area contributed by atoms with Crippen LogP contribution in [0.3, 0.4) is 0 Å². The molecule has 0 spiro atoms. The van der Waals surface area contributed by atoms with Gasteiger partial charge in [0.2, 0.25) is 0 Å². The van der Waals surface area contributed by atoms with Crippen LogP contribution in [0.2, 0.25) is 0 Å². The largest absolute Gasteiger partial charge is 0.337 e. The first-order chi connectivity index (χ1) is 8.41. The minimum atomic E-state index is 0.297. The standard InChI is InChI=1S/C14H20N2S2/c1-8(2)13-7-15-14(17)16(13)10(4)12-6-9(3)18-11(12)5/h6-8,10H,1-5H3,(H,15,17). The summed E-state index contributed by atoms with van der Waals surface area (Å²) in [5.41, 5.74) is 2.66. The van der Waals surface area contributed by atoms with Gasteiger partial charge in [0, 0.05) is 21.6 Å². The van der Waals surface area contributed by atoms with E-state index in [9.17, 15) is 0 Å². The number of aryl methyl sites for hydroxylation is 2. The summed E-state index contributed by atoms with van der Waals surface area (Å²) in [5, 5.41) is 0. The number of nitrogens with one attached hydrogen (secondary N) is 1. The number of thiophene rings is 1. The Morgan fingerprint density at radius 2 is 1.94 bits per heavy atom. The van der Waals surface area contributed by atoms with Gasteiger partial charge in [0.25, 0.3) is 0 Å². The molecule has 1 N–H and O–H groups in total. The van der Waals surface area contributed by atoms with Gasteiger partial charge in [-0.2, -0.15) is 0 Å². The zero-order valence-corrected chi connectivity index (χ0v) is 13.2. The van der Waals surface area contributed by atoms with E-state index in [4.69, 9.17) is 12.2 Å². The highest BCUT2D eigenvalue weighted by Crippen LogP contribution is 2.31. The van der Waals surface area contributed by atoms with E-state index >= 15 is 0 Å². The monoisotopic (exact) mass is 280 g/mol. The van der Waals surface area contributed by atoms with Crippen LogP contribution in [0, 0.1) is 18.6 Å². The van der Waals surface area contributed by atoms with Crippen LogP contribution in [-0.2, 0) is 0 Å². The van der Waals surface area contributed by atoms with E-state index in [1.165, 1.54) is 21.0 Å². The van der Waals surface area contributed by atoms with Crippen molar-refractivity contribution >= 4 is 23.6 Å². The van der Waals surface area contributed by atoms with Gasteiger partial charge in [-0.05, 0) is 50.5 Å². The van der Waals surface area contributed by atoms with Crippen LogP contribution in [0.25, 0.3) is 0 Å². The quantitative estimate of drug-likeness (QED) is 0.788. The fourth-order valence-corrected chi connectivity index (χ4v) is 3.78. The van der Waals surface area contributed by atoms with Crippen molar-refractivity contribution in [3.05, 3.63) is 38.0 Å². The molecular weight excluding hydrogens is 260 g/mol. The predicted molar refractivity (Wildman–Crippen MR) is 81.3 cm³/mol. The lowest BCUT2D eigenvalue weighted by atomic mass is 10.1. The summed E-state index contributed by atoms with van der Waals surface area (Å²) in [6.45, 7) is 11.0. The molecule has 0 aromatic carbocycles. The number of H-pyrrole nitrogens is 1. The minimum Gasteiger partial charge on any atom is -0.337 e. The first kappa shape index (κ1) is 13.6. The molecule has 0 saturated heterocycles. The first-order valence-corrected chi connectivity index (χ1v) is 7.51. The SMILES string of the molecule is Cc1cc(C(C)n2c(C(C)C)c[nH]c2=S)c(C)s1. The Hall–Kier alpha value is -0.870. The third-order valence-corrected chi connectivity index (χ3v) is 4.65. The number of hydrogen-bond acceptors (Lipinski definition) is 2. The molecule has 0 bridgehead atoms. The summed E-state index contributed by atoms with van der Waals surface area (Å²) < 4.78 is 3.06. The Balaban J connectivity index is 2.52. The molecule has 2 nitrogen and oxygen atoms in total. The van der Waals surface area contributed by atoms with Crippen LogP contribution in [0.4, 0.5) is 0 Å². The van der Waals surface area contributed by atoms with Crippen LogP contribution in [-0.4, -0.2) is 9.55 Å². The average Bonchev–Trinajstić information content (AvgIpc) is 2.81. The predicted octanol–water partition coefficient (Wildman–Crippen LogP) is 4.96. The molecule has 0 saturated carbocycles. The van der Waals surface area contributed by atoms with Crippen molar-refractivity contribution in [3.8, 4) is 0 Å². The third kappa shape index (κ3) is 2.31. The zero-order chi connectivity index (χ0) is 13.4. The molecule has 0 aliphatic carbocycles. The van der Waals surface area contributed by atoms with E-state index in [1.54, 1.807) is 0 Å². The lowest BCUT2D eigenvalue weighted by molar-refractivity contribution is 0.581. The Bertz CT molecular complexity index is 602. The van der Waals surface area contributed by atoms with Crippen LogP contribution in [0.5, 0.6) is 0 Å².